The summed E-state index contributed by atoms with van der Waals surface area (Å²) in [4.78, 5) is 13.1. The van der Waals surface area contributed by atoms with Crippen LogP contribution >= 0.6 is 0 Å². The van der Waals surface area contributed by atoms with Crippen molar-refractivity contribution in [1.29, 1.82) is 0 Å². The molecule has 1 amide bonds. The van der Waals surface area contributed by atoms with Crippen LogP contribution in [-0.4, -0.2) is 87.5 Å². The van der Waals surface area contributed by atoms with Crippen molar-refractivity contribution < 1.29 is 39.8 Å². The predicted octanol–water partition coefficient (Wildman–Crippen LogP) is 21.5. The van der Waals surface area contributed by atoms with Crippen LogP contribution in [0.1, 0.15) is 367 Å². The highest BCUT2D eigenvalue weighted by Gasteiger charge is 2.44. The molecule has 7 unspecified atom stereocenters. The van der Waals surface area contributed by atoms with E-state index in [1.807, 2.05) is 6.08 Å². The van der Waals surface area contributed by atoms with Gasteiger partial charge in [0.15, 0.2) is 6.29 Å². The molecule has 0 aliphatic carbocycles. The zero-order valence-corrected chi connectivity index (χ0v) is 57.7. The van der Waals surface area contributed by atoms with Crippen LogP contribution < -0.4 is 5.32 Å². The van der Waals surface area contributed by atoms with E-state index in [0.29, 0.717) is 6.42 Å². The van der Waals surface area contributed by atoms with E-state index in [9.17, 15) is 30.3 Å². The number of hydrogen-bond acceptors (Lipinski definition) is 8. The first kappa shape index (κ1) is 83.6. The lowest BCUT2D eigenvalue weighted by atomic mass is 9.99. The zero-order valence-electron chi connectivity index (χ0n) is 57.7. The highest BCUT2D eigenvalue weighted by molar-refractivity contribution is 5.76. The Morgan fingerprint density at radius 1 is 0.398 bits per heavy atom. The monoisotopic (exact) mass is 1240 g/mol. The Hall–Kier alpha value is -2.37. The van der Waals surface area contributed by atoms with Crippen molar-refractivity contribution in [2.24, 2.45) is 0 Å². The maximum absolute atomic E-state index is 13.1. The summed E-state index contributed by atoms with van der Waals surface area (Å²) < 4.78 is 11.3. The SMILES string of the molecule is CC/C=C\C/C=C\C/C=C\C/C=C\CCCCCCCCCCCCCCCCCCCCCCCCCCCCCCC(=O)NC(COC1OC(CO)C(O)C(O)C1O)C(O)/C=C/CC/C=C/CCCCCCCCCCCCCCCCCCCC. The lowest BCUT2D eigenvalue weighted by molar-refractivity contribution is -0.302. The Morgan fingerprint density at radius 2 is 0.716 bits per heavy atom. The van der Waals surface area contributed by atoms with E-state index in [-0.39, 0.29) is 12.5 Å². The average molecular weight is 1240 g/mol. The number of ether oxygens (including phenoxy) is 2. The number of aliphatic hydroxyl groups is 5. The van der Waals surface area contributed by atoms with Crippen molar-refractivity contribution in [3.63, 3.8) is 0 Å². The number of nitrogens with one attached hydrogen (secondary N) is 1. The van der Waals surface area contributed by atoms with Crippen molar-refractivity contribution in [3.05, 3.63) is 72.9 Å². The molecule has 6 N–H and O–H groups in total. The van der Waals surface area contributed by atoms with Gasteiger partial charge in [0.05, 0.1) is 25.4 Å². The van der Waals surface area contributed by atoms with Gasteiger partial charge in [0.2, 0.25) is 5.91 Å². The fourth-order valence-electron chi connectivity index (χ4n) is 12.1. The highest BCUT2D eigenvalue weighted by Crippen LogP contribution is 2.24. The first-order valence-corrected chi connectivity index (χ1v) is 38.2. The average Bonchev–Trinajstić information content (AvgIpc) is 3.31. The molecule has 9 heteroatoms. The number of carbonyl (C=O) groups excluding carboxylic acids is 1. The Labute approximate surface area is 544 Å². The number of amides is 1. The zero-order chi connectivity index (χ0) is 63.5. The second kappa shape index (κ2) is 67.5. The standard InChI is InChI=1S/C79H145NO8/c1-3-5-7-9-11-13-15-17-19-21-23-25-27-29-30-31-32-33-34-35-36-37-38-39-40-41-42-43-44-45-47-49-51-53-55-57-59-61-63-65-67-69-75(83)80-72(71-87-79-78(86)77(85)76(84)74(70-81)88-79)73(82)68-66-64-62-60-58-56-54-52-50-48-46-28-26-24-22-20-18-16-14-12-10-8-6-4-2/h5,7,11,13,17,19,23,25,58,60,66,68,72-74,76-79,81-82,84-86H,3-4,6,8-10,12,14-16,18,20-22,24,26-57,59,61-65,67,69-71H2,1-2H3,(H,80,83)/b7-5-,13-11-,19-17-,25-23-,60-58+,68-66+. The maximum Gasteiger partial charge on any atom is 0.220 e. The van der Waals surface area contributed by atoms with Crippen molar-refractivity contribution >= 4 is 5.91 Å². The normalized spacial score (nSPS) is 18.3. The fraction of sp³-hybridized carbons (Fsp3) is 0.835. The van der Waals surface area contributed by atoms with Crippen LogP contribution in [0.3, 0.4) is 0 Å². The molecular weight excluding hydrogens is 1090 g/mol. The van der Waals surface area contributed by atoms with Crippen LogP contribution in [0.2, 0.25) is 0 Å². The second-order valence-electron chi connectivity index (χ2n) is 26.4. The Morgan fingerprint density at radius 3 is 1.09 bits per heavy atom. The lowest BCUT2D eigenvalue weighted by Gasteiger charge is -2.40. The lowest BCUT2D eigenvalue weighted by Crippen LogP contribution is -2.60. The van der Waals surface area contributed by atoms with Gasteiger partial charge in [-0.3, -0.25) is 4.79 Å². The molecule has 88 heavy (non-hydrogen) atoms. The van der Waals surface area contributed by atoms with Gasteiger partial charge in [0.1, 0.15) is 24.4 Å². The molecule has 1 aliphatic heterocycles. The molecule has 7 atom stereocenters. The van der Waals surface area contributed by atoms with E-state index in [1.54, 1.807) is 6.08 Å². The van der Waals surface area contributed by atoms with E-state index in [0.717, 1.165) is 64.2 Å². The quantitative estimate of drug-likeness (QED) is 0.0261. The number of allylic oxidation sites excluding steroid dienone is 11. The van der Waals surface area contributed by atoms with Gasteiger partial charge in [-0.2, -0.15) is 0 Å². The summed E-state index contributed by atoms with van der Waals surface area (Å²) in [6.07, 6.45) is 89.0. The molecule has 1 heterocycles. The van der Waals surface area contributed by atoms with Gasteiger partial charge in [-0.1, -0.05) is 363 Å². The van der Waals surface area contributed by atoms with Gasteiger partial charge in [0, 0.05) is 6.42 Å². The summed E-state index contributed by atoms with van der Waals surface area (Å²) in [6.45, 7) is 3.70. The van der Waals surface area contributed by atoms with E-state index >= 15 is 0 Å². The van der Waals surface area contributed by atoms with Gasteiger partial charge in [-0.05, 0) is 70.6 Å². The molecule has 1 rings (SSSR count). The number of aliphatic hydroxyl groups excluding tert-OH is 5. The van der Waals surface area contributed by atoms with Gasteiger partial charge in [0.25, 0.3) is 0 Å². The van der Waals surface area contributed by atoms with Crippen LogP contribution in [0.5, 0.6) is 0 Å². The minimum Gasteiger partial charge on any atom is -0.394 e. The Bertz CT molecular complexity index is 1620. The Balaban J connectivity index is 2.06. The molecule has 1 aliphatic rings. The third-order valence-corrected chi connectivity index (χ3v) is 18.0. The van der Waals surface area contributed by atoms with Crippen molar-refractivity contribution in [1.82, 2.24) is 5.32 Å². The molecule has 0 aromatic heterocycles. The molecule has 0 radical (unpaired) electrons. The molecule has 1 saturated heterocycles. The van der Waals surface area contributed by atoms with Crippen LogP contribution in [0.25, 0.3) is 0 Å². The van der Waals surface area contributed by atoms with Crippen molar-refractivity contribution in [2.45, 2.75) is 410 Å². The molecule has 9 nitrogen and oxygen atoms in total. The minimum absolute atomic E-state index is 0.180. The van der Waals surface area contributed by atoms with Gasteiger partial charge in [-0.15, -0.1) is 0 Å². The fourth-order valence-corrected chi connectivity index (χ4v) is 12.1. The molecule has 0 aromatic carbocycles. The van der Waals surface area contributed by atoms with Crippen LogP contribution in [0.4, 0.5) is 0 Å². The second-order valence-corrected chi connectivity index (χ2v) is 26.4. The van der Waals surface area contributed by atoms with Crippen LogP contribution in [0, 0.1) is 0 Å². The van der Waals surface area contributed by atoms with Crippen molar-refractivity contribution in [2.75, 3.05) is 13.2 Å². The summed E-state index contributed by atoms with van der Waals surface area (Å²) >= 11 is 0. The van der Waals surface area contributed by atoms with E-state index in [4.69, 9.17) is 9.47 Å². The molecule has 0 spiro atoms. The third-order valence-electron chi connectivity index (χ3n) is 18.0. The molecule has 0 saturated carbocycles. The number of unbranched alkanes of at least 4 members (excludes halogenated alkanes) is 47. The highest BCUT2D eigenvalue weighted by atomic mass is 16.7. The van der Waals surface area contributed by atoms with Gasteiger partial charge < -0.3 is 40.3 Å². The number of carbonyl (C=O) groups is 1. The summed E-state index contributed by atoms with van der Waals surface area (Å²) in [5.74, 6) is -0.180. The van der Waals surface area contributed by atoms with Gasteiger partial charge in [-0.25, -0.2) is 0 Å². The molecule has 514 valence electrons. The number of hydrogen-bond donors (Lipinski definition) is 6. The molecule has 0 bridgehead atoms. The molecular formula is C79H145NO8. The number of rotatable bonds is 67. The maximum atomic E-state index is 13.1. The minimum atomic E-state index is -1.57. The Kier molecular flexibility index (Phi) is 64.2. The summed E-state index contributed by atoms with van der Waals surface area (Å²) in [6, 6.07) is -0.823. The molecule has 1 fully saturated rings. The summed E-state index contributed by atoms with van der Waals surface area (Å²) in [5.41, 5.74) is 0. The largest absolute Gasteiger partial charge is 0.394 e. The predicted molar refractivity (Wildman–Crippen MR) is 378 cm³/mol. The van der Waals surface area contributed by atoms with E-state index in [1.165, 1.54) is 283 Å². The summed E-state index contributed by atoms with van der Waals surface area (Å²) in [7, 11) is 0. The van der Waals surface area contributed by atoms with Crippen LogP contribution in [0.15, 0.2) is 72.9 Å². The smallest absolute Gasteiger partial charge is 0.220 e. The van der Waals surface area contributed by atoms with Crippen LogP contribution in [-0.2, 0) is 14.3 Å². The van der Waals surface area contributed by atoms with E-state index in [2.05, 4.69) is 79.9 Å². The first-order valence-electron chi connectivity index (χ1n) is 38.2. The first-order chi connectivity index (χ1) is 43.3. The molecule has 0 aromatic rings. The summed E-state index contributed by atoms with van der Waals surface area (Å²) in [5, 5.41) is 54.8. The van der Waals surface area contributed by atoms with Gasteiger partial charge >= 0.3 is 0 Å². The topological polar surface area (TPSA) is 149 Å². The third kappa shape index (κ3) is 55.3. The van der Waals surface area contributed by atoms with Crippen molar-refractivity contribution in [3.8, 4) is 0 Å². The van der Waals surface area contributed by atoms with E-state index < -0.39 is 49.5 Å².